The van der Waals surface area contributed by atoms with Crippen molar-refractivity contribution in [2.45, 2.75) is 36.7 Å². The highest BCUT2D eigenvalue weighted by Gasteiger charge is 2.25. The zero-order valence-electron chi connectivity index (χ0n) is 13.7. The zero-order valence-corrected chi connectivity index (χ0v) is 14.5. The summed E-state index contributed by atoms with van der Waals surface area (Å²) in [5.74, 6) is 0.691. The molecule has 0 saturated heterocycles. The van der Waals surface area contributed by atoms with Gasteiger partial charge in [-0.3, -0.25) is 4.72 Å². The van der Waals surface area contributed by atoms with E-state index in [1.165, 1.54) is 24.3 Å². The second kappa shape index (κ2) is 6.56. The molecule has 0 aliphatic heterocycles. The van der Waals surface area contributed by atoms with Crippen LogP contribution in [0.15, 0.2) is 50.3 Å². The molecule has 9 heteroatoms. The van der Waals surface area contributed by atoms with E-state index >= 15 is 0 Å². The molecule has 4 rings (SSSR count). The molecular weight excluding hydrogens is 361 g/mol. The molecule has 3 aromatic rings. The SMILES string of the molecule is O=S(=O)(Nc1ccc(F)cc1)c1ccc(-c2nnc(C3CCCC3)o2)o1. The van der Waals surface area contributed by atoms with Gasteiger partial charge in [0.05, 0.1) is 0 Å². The Morgan fingerprint density at radius 3 is 2.46 bits per heavy atom. The van der Waals surface area contributed by atoms with Gasteiger partial charge in [0.15, 0.2) is 5.76 Å². The molecule has 1 aliphatic rings. The molecule has 0 amide bonds. The molecule has 7 nitrogen and oxygen atoms in total. The predicted molar refractivity (Wildman–Crippen MR) is 90.4 cm³/mol. The minimum Gasteiger partial charge on any atom is -0.438 e. The maximum Gasteiger partial charge on any atom is 0.295 e. The molecule has 1 N–H and O–H groups in total. The van der Waals surface area contributed by atoms with Gasteiger partial charge in [-0.25, -0.2) is 4.39 Å². The minimum atomic E-state index is -3.95. The lowest BCUT2D eigenvalue weighted by Gasteiger charge is -2.05. The molecule has 1 fully saturated rings. The molecule has 1 saturated carbocycles. The number of sulfonamides is 1. The second-order valence-corrected chi connectivity index (χ2v) is 7.77. The van der Waals surface area contributed by atoms with E-state index in [9.17, 15) is 12.8 Å². The van der Waals surface area contributed by atoms with Gasteiger partial charge in [-0.05, 0) is 49.2 Å². The van der Waals surface area contributed by atoms with Crippen LogP contribution in [0.2, 0.25) is 0 Å². The number of rotatable bonds is 5. The maximum atomic E-state index is 12.9. The largest absolute Gasteiger partial charge is 0.438 e. The number of hydrogen-bond donors (Lipinski definition) is 1. The summed E-state index contributed by atoms with van der Waals surface area (Å²) < 4.78 is 51.0. The van der Waals surface area contributed by atoms with E-state index in [-0.39, 0.29) is 28.3 Å². The molecule has 0 atom stereocenters. The van der Waals surface area contributed by atoms with E-state index in [2.05, 4.69) is 14.9 Å². The average Bonchev–Trinajstić information content (AvgIpc) is 3.36. The van der Waals surface area contributed by atoms with Crippen LogP contribution < -0.4 is 4.72 Å². The van der Waals surface area contributed by atoms with Crippen molar-refractivity contribution in [1.29, 1.82) is 0 Å². The highest BCUT2D eigenvalue weighted by molar-refractivity contribution is 7.92. The molecule has 0 spiro atoms. The Morgan fingerprint density at radius 2 is 1.73 bits per heavy atom. The monoisotopic (exact) mass is 377 g/mol. The van der Waals surface area contributed by atoms with Gasteiger partial charge >= 0.3 is 0 Å². The van der Waals surface area contributed by atoms with Gasteiger partial charge in [0.1, 0.15) is 5.82 Å². The van der Waals surface area contributed by atoms with Crippen molar-refractivity contribution in [3.63, 3.8) is 0 Å². The van der Waals surface area contributed by atoms with Crippen molar-refractivity contribution < 1.29 is 21.6 Å². The van der Waals surface area contributed by atoms with Crippen molar-refractivity contribution in [1.82, 2.24) is 10.2 Å². The first-order valence-electron chi connectivity index (χ1n) is 8.23. The number of halogens is 1. The molecular formula is C17H16FN3O4S. The Bertz CT molecular complexity index is 1000. The third-order valence-corrected chi connectivity index (χ3v) is 5.55. The van der Waals surface area contributed by atoms with Crippen molar-refractivity contribution in [2.24, 2.45) is 0 Å². The van der Waals surface area contributed by atoms with Gasteiger partial charge in [0, 0.05) is 11.6 Å². The Labute approximate surface area is 149 Å². The zero-order chi connectivity index (χ0) is 18.1. The summed E-state index contributed by atoms with van der Waals surface area (Å²) >= 11 is 0. The summed E-state index contributed by atoms with van der Waals surface area (Å²) in [5.41, 5.74) is 0.227. The van der Waals surface area contributed by atoms with Crippen LogP contribution in [0.25, 0.3) is 11.7 Å². The highest BCUT2D eigenvalue weighted by Crippen LogP contribution is 2.34. The summed E-state index contributed by atoms with van der Waals surface area (Å²) in [6.07, 6.45) is 4.31. The minimum absolute atomic E-state index is 0.148. The van der Waals surface area contributed by atoms with E-state index < -0.39 is 15.8 Å². The molecule has 136 valence electrons. The topological polar surface area (TPSA) is 98.2 Å². The van der Waals surface area contributed by atoms with Crippen LogP contribution in [0, 0.1) is 5.82 Å². The van der Waals surface area contributed by atoms with Crippen molar-refractivity contribution in [3.05, 3.63) is 48.1 Å². The Hall–Kier alpha value is -2.68. The van der Waals surface area contributed by atoms with Gasteiger partial charge in [0.25, 0.3) is 15.9 Å². The molecule has 0 unspecified atom stereocenters. The number of furan rings is 1. The fourth-order valence-corrected chi connectivity index (χ4v) is 3.97. The van der Waals surface area contributed by atoms with Crippen molar-refractivity contribution >= 4 is 15.7 Å². The fourth-order valence-electron chi connectivity index (χ4n) is 2.97. The third kappa shape index (κ3) is 3.34. The normalized spacial score (nSPS) is 15.4. The number of aromatic nitrogens is 2. The molecule has 2 heterocycles. The summed E-state index contributed by atoms with van der Waals surface area (Å²) in [5, 5.41) is 7.70. The van der Waals surface area contributed by atoms with Gasteiger partial charge in [-0.2, -0.15) is 8.42 Å². The van der Waals surface area contributed by atoms with Crippen LogP contribution in [0.4, 0.5) is 10.1 Å². The van der Waals surface area contributed by atoms with Crippen molar-refractivity contribution in [2.75, 3.05) is 4.72 Å². The number of nitrogens with zero attached hydrogens (tertiary/aromatic N) is 2. The van der Waals surface area contributed by atoms with Crippen LogP contribution in [0.1, 0.15) is 37.5 Å². The first-order valence-corrected chi connectivity index (χ1v) is 9.71. The summed E-state index contributed by atoms with van der Waals surface area (Å²) in [7, 11) is -3.95. The van der Waals surface area contributed by atoms with Gasteiger partial charge in [0.2, 0.25) is 11.0 Å². The van der Waals surface area contributed by atoms with Gasteiger partial charge in [-0.1, -0.05) is 12.8 Å². The average molecular weight is 377 g/mol. The Kier molecular flexibility index (Phi) is 4.23. The number of nitrogens with one attached hydrogen (secondary N) is 1. The molecule has 1 aliphatic carbocycles. The smallest absolute Gasteiger partial charge is 0.295 e. The fraction of sp³-hybridized carbons (Fsp3) is 0.294. The number of benzene rings is 1. The van der Waals surface area contributed by atoms with Gasteiger partial charge in [-0.15, -0.1) is 10.2 Å². The van der Waals surface area contributed by atoms with Crippen LogP contribution in [0.5, 0.6) is 0 Å². The quantitative estimate of drug-likeness (QED) is 0.723. The second-order valence-electron chi connectivity index (χ2n) is 6.16. The highest BCUT2D eigenvalue weighted by atomic mass is 32.2. The van der Waals surface area contributed by atoms with Crippen molar-refractivity contribution in [3.8, 4) is 11.7 Å². The number of anilines is 1. The van der Waals surface area contributed by atoms with Crippen LogP contribution in [0.3, 0.4) is 0 Å². The predicted octanol–water partition coefficient (Wildman–Crippen LogP) is 3.93. The molecule has 0 bridgehead atoms. The summed E-state index contributed by atoms with van der Waals surface area (Å²) in [6, 6.07) is 7.74. The van der Waals surface area contributed by atoms with Crippen LogP contribution in [-0.2, 0) is 10.0 Å². The number of hydrogen-bond acceptors (Lipinski definition) is 6. The van der Waals surface area contributed by atoms with Crippen LogP contribution >= 0.6 is 0 Å². The lowest BCUT2D eigenvalue weighted by atomic mass is 10.1. The van der Waals surface area contributed by atoms with E-state index in [4.69, 9.17) is 8.83 Å². The maximum absolute atomic E-state index is 12.9. The molecule has 26 heavy (non-hydrogen) atoms. The summed E-state index contributed by atoms with van der Waals surface area (Å²) in [6.45, 7) is 0. The summed E-state index contributed by atoms with van der Waals surface area (Å²) in [4.78, 5) is 0. The first-order chi connectivity index (χ1) is 12.5. The Morgan fingerprint density at radius 1 is 1.00 bits per heavy atom. The Balaban J connectivity index is 1.54. The first kappa shape index (κ1) is 16.8. The molecule has 1 aromatic carbocycles. The van der Waals surface area contributed by atoms with E-state index in [0.717, 1.165) is 37.8 Å². The molecule has 2 aromatic heterocycles. The van der Waals surface area contributed by atoms with E-state index in [0.29, 0.717) is 5.89 Å². The molecule has 0 radical (unpaired) electrons. The lowest BCUT2D eigenvalue weighted by Crippen LogP contribution is -2.11. The van der Waals surface area contributed by atoms with E-state index in [1.807, 2.05) is 0 Å². The van der Waals surface area contributed by atoms with Gasteiger partial charge < -0.3 is 8.83 Å². The van der Waals surface area contributed by atoms with Crippen LogP contribution in [-0.4, -0.2) is 18.6 Å². The standard InChI is InChI=1S/C17H16FN3O4S/c18-12-5-7-13(8-6-12)21-26(22,23)15-10-9-14(24-15)17-20-19-16(25-17)11-3-1-2-4-11/h5-11,21H,1-4H2. The van der Waals surface area contributed by atoms with E-state index in [1.54, 1.807) is 0 Å². The third-order valence-electron chi connectivity index (χ3n) is 4.30. The lowest BCUT2D eigenvalue weighted by molar-refractivity contribution is 0.421.